The SMILES string of the molecule is COCCn1nc(-c2ccc(F)cn2)c(C)c1Cc1cc(-n2nc(C)cc2C(F)F)ncn1. The molecule has 0 aliphatic rings. The number of aryl methyl sites for hydroxylation is 1. The molecule has 4 rings (SSSR count). The van der Waals surface area contributed by atoms with Crippen LogP contribution in [-0.2, 0) is 17.7 Å². The maximum absolute atomic E-state index is 13.4. The lowest BCUT2D eigenvalue weighted by molar-refractivity contribution is 0.142. The Kier molecular flexibility index (Phi) is 6.50. The maximum atomic E-state index is 13.4. The summed E-state index contributed by atoms with van der Waals surface area (Å²) in [5, 5.41) is 8.81. The summed E-state index contributed by atoms with van der Waals surface area (Å²) in [4.78, 5) is 12.6. The molecule has 0 N–H and O–H groups in total. The molecule has 0 aliphatic carbocycles. The molecule has 0 unspecified atom stereocenters. The van der Waals surface area contributed by atoms with Crippen molar-refractivity contribution in [2.24, 2.45) is 0 Å². The predicted molar refractivity (Wildman–Crippen MR) is 114 cm³/mol. The molecular weight excluding hydrogens is 435 g/mol. The summed E-state index contributed by atoms with van der Waals surface area (Å²) in [6.45, 7) is 4.47. The lowest BCUT2D eigenvalue weighted by Crippen LogP contribution is -2.12. The molecule has 0 bridgehead atoms. The number of ether oxygens (including phenoxy) is 1. The molecular formula is C22H22F3N7O. The molecule has 0 saturated carbocycles. The third kappa shape index (κ3) is 4.77. The fourth-order valence-electron chi connectivity index (χ4n) is 3.56. The Balaban J connectivity index is 1.71. The van der Waals surface area contributed by atoms with E-state index < -0.39 is 12.2 Å². The van der Waals surface area contributed by atoms with Crippen LogP contribution in [0.4, 0.5) is 13.2 Å². The Hall–Kier alpha value is -3.60. The molecule has 4 aromatic heterocycles. The molecule has 11 heteroatoms. The zero-order valence-corrected chi connectivity index (χ0v) is 18.3. The van der Waals surface area contributed by atoms with E-state index in [2.05, 4.69) is 25.1 Å². The minimum atomic E-state index is -2.69. The van der Waals surface area contributed by atoms with Crippen molar-refractivity contribution in [2.45, 2.75) is 33.2 Å². The molecule has 33 heavy (non-hydrogen) atoms. The van der Waals surface area contributed by atoms with Crippen LogP contribution in [-0.4, -0.2) is 48.2 Å². The second kappa shape index (κ2) is 9.49. The minimum Gasteiger partial charge on any atom is -0.383 e. The topological polar surface area (TPSA) is 83.5 Å². The standard InChI is InChI=1S/C22H22F3N7O/c1-13-8-19(22(24)25)32(29-13)20-10-16(27-12-28-20)9-18-14(2)21(30-31(18)6-7-33-3)17-5-4-15(23)11-26-17/h4-5,8,10-12,22H,6-7,9H2,1-3H3. The Bertz CT molecular complexity index is 1250. The van der Waals surface area contributed by atoms with Gasteiger partial charge in [-0.3, -0.25) is 9.67 Å². The first-order valence-electron chi connectivity index (χ1n) is 10.2. The second-order valence-electron chi connectivity index (χ2n) is 7.47. The molecule has 0 spiro atoms. The van der Waals surface area contributed by atoms with Crippen molar-refractivity contribution in [3.8, 4) is 17.2 Å². The van der Waals surface area contributed by atoms with Crippen molar-refractivity contribution < 1.29 is 17.9 Å². The van der Waals surface area contributed by atoms with Crippen molar-refractivity contribution in [3.63, 3.8) is 0 Å². The Morgan fingerprint density at radius 1 is 1.06 bits per heavy atom. The van der Waals surface area contributed by atoms with Gasteiger partial charge in [0, 0.05) is 30.9 Å². The smallest absolute Gasteiger partial charge is 0.280 e. The fourth-order valence-corrected chi connectivity index (χ4v) is 3.56. The zero-order chi connectivity index (χ0) is 23.5. The highest BCUT2D eigenvalue weighted by Crippen LogP contribution is 2.26. The van der Waals surface area contributed by atoms with Crippen molar-refractivity contribution in [2.75, 3.05) is 13.7 Å². The Morgan fingerprint density at radius 3 is 2.58 bits per heavy atom. The first-order chi connectivity index (χ1) is 15.9. The number of methoxy groups -OCH3 is 1. The van der Waals surface area contributed by atoms with Gasteiger partial charge >= 0.3 is 0 Å². The van der Waals surface area contributed by atoms with Gasteiger partial charge in [-0.25, -0.2) is 27.8 Å². The number of alkyl halides is 2. The maximum Gasteiger partial charge on any atom is 0.280 e. The first-order valence-corrected chi connectivity index (χ1v) is 10.2. The third-order valence-corrected chi connectivity index (χ3v) is 5.16. The molecule has 0 fully saturated rings. The largest absolute Gasteiger partial charge is 0.383 e. The quantitative estimate of drug-likeness (QED) is 0.400. The molecule has 0 aliphatic heterocycles. The molecule has 172 valence electrons. The monoisotopic (exact) mass is 457 g/mol. The number of aromatic nitrogens is 7. The number of rotatable bonds is 8. The highest BCUT2D eigenvalue weighted by Gasteiger charge is 2.20. The van der Waals surface area contributed by atoms with Crippen molar-refractivity contribution in [1.82, 2.24) is 34.5 Å². The van der Waals surface area contributed by atoms with Crippen LogP contribution in [0.15, 0.2) is 36.8 Å². The van der Waals surface area contributed by atoms with Gasteiger partial charge in [-0.05, 0) is 32.0 Å². The highest BCUT2D eigenvalue weighted by atomic mass is 19.3. The van der Waals surface area contributed by atoms with E-state index in [0.29, 0.717) is 42.3 Å². The number of pyridine rings is 1. The molecule has 0 saturated heterocycles. The van der Waals surface area contributed by atoms with Gasteiger partial charge in [-0.15, -0.1) is 0 Å². The number of hydrogen-bond donors (Lipinski definition) is 0. The number of halogens is 3. The molecule has 0 atom stereocenters. The summed E-state index contributed by atoms with van der Waals surface area (Å²) < 4.78 is 48.3. The van der Waals surface area contributed by atoms with Gasteiger partial charge in [-0.1, -0.05) is 0 Å². The number of nitrogens with zero attached hydrogens (tertiary/aromatic N) is 7. The van der Waals surface area contributed by atoms with Gasteiger partial charge in [0.2, 0.25) is 0 Å². The van der Waals surface area contributed by atoms with E-state index >= 15 is 0 Å². The summed E-state index contributed by atoms with van der Waals surface area (Å²) in [6, 6.07) is 5.86. The summed E-state index contributed by atoms with van der Waals surface area (Å²) in [7, 11) is 1.60. The average molecular weight is 457 g/mol. The zero-order valence-electron chi connectivity index (χ0n) is 18.3. The highest BCUT2D eigenvalue weighted by molar-refractivity contribution is 5.60. The van der Waals surface area contributed by atoms with Crippen LogP contribution in [0.2, 0.25) is 0 Å². The van der Waals surface area contributed by atoms with E-state index in [1.165, 1.54) is 18.5 Å². The van der Waals surface area contributed by atoms with Crippen LogP contribution in [0.25, 0.3) is 17.2 Å². The fraction of sp³-hybridized carbons (Fsp3) is 0.318. The molecule has 4 aromatic rings. The van der Waals surface area contributed by atoms with E-state index in [9.17, 15) is 13.2 Å². The molecule has 4 heterocycles. The van der Waals surface area contributed by atoms with Gasteiger partial charge in [0.25, 0.3) is 6.43 Å². The second-order valence-corrected chi connectivity index (χ2v) is 7.47. The van der Waals surface area contributed by atoms with Crippen molar-refractivity contribution in [3.05, 3.63) is 70.9 Å². The normalized spacial score (nSPS) is 11.5. The average Bonchev–Trinajstić information content (AvgIpc) is 3.34. The summed E-state index contributed by atoms with van der Waals surface area (Å²) in [6.07, 6.45) is 0.146. The van der Waals surface area contributed by atoms with Crippen molar-refractivity contribution >= 4 is 0 Å². The van der Waals surface area contributed by atoms with Crippen LogP contribution in [0.1, 0.15) is 34.8 Å². The van der Waals surface area contributed by atoms with Gasteiger partial charge in [0.05, 0.1) is 36.4 Å². The van der Waals surface area contributed by atoms with E-state index in [4.69, 9.17) is 4.74 Å². The molecule has 0 radical (unpaired) electrons. The lowest BCUT2D eigenvalue weighted by Gasteiger charge is -2.10. The summed E-state index contributed by atoms with van der Waals surface area (Å²) in [5.41, 5.74) is 3.71. The van der Waals surface area contributed by atoms with E-state index in [0.717, 1.165) is 22.1 Å². The van der Waals surface area contributed by atoms with Crippen LogP contribution >= 0.6 is 0 Å². The van der Waals surface area contributed by atoms with Crippen molar-refractivity contribution in [1.29, 1.82) is 0 Å². The van der Waals surface area contributed by atoms with Crippen LogP contribution in [0, 0.1) is 19.7 Å². The molecule has 0 aromatic carbocycles. The first kappa shape index (κ1) is 22.6. The number of hydrogen-bond acceptors (Lipinski definition) is 6. The predicted octanol–water partition coefficient (Wildman–Crippen LogP) is 3.85. The van der Waals surface area contributed by atoms with Gasteiger partial charge < -0.3 is 4.74 Å². The lowest BCUT2D eigenvalue weighted by atomic mass is 10.1. The van der Waals surface area contributed by atoms with Gasteiger partial charge in [0.1, 0.15) is 23.5 Å². The Morgan fingerprint density at radius 2 is 1.88 bits per heavy atom. The summed E-state index contributed by atoms with van der Waals surface area (Å²) in [5.74, 6) is -0.176. The van der Waals surface area contributed by atoms with Crippen LogP contribution in [0.3, 0.4) is 0 Å². The van der Waals surface area contributed by atoms with E-state index in [1.807, 2.05) is 6.92 Å². The molecule has 0 amide bonds. The third-order valence-electron chi connectivity index (χ3n) is 5.16. The Labute approximate surface area is 188 Å². The minimum absolute atomic E-state index is 0.233. The summed E-state index contributed by atoms with van der Waals surface area (Å²) >= 11 is 0. The molecule has 8 nitrogen and oxygen atoms in total. The van der Waals surface area contributed by atoms with Gasteiger partial charge in [0.15, 0.2) is 5.82 Å². The van der Waals surface area contributed by atoms with E-state index in [-0.39, 0.29) is 11.5 Å². The van der Waals surface area contributed by atoms with E-state index in [1.54, 1.807) is 30.8 Å². The van der Waals surface area contributed by atoms with Crippen LogP contribution in [0.5, 0.6) is 0 Å². The van der Waals surface area contributed by atoms with Crippen LogP contribution < -0.4 is 0 Å². The van der Waals surface area contributed by atoms with Gasteiger partial charge in [-0.2, -0.15) is 10.2 Å².